The lowest BCUT2D eigenvalue weighted by molar-refractivity contribution is 0.0741. The summed E-state index contributed by atoms with van der Waals surface area (Å²) >= 11 is 6.14. The van der Waals surface area contributed by atoms with E-state index in [0.717, 1.165) is 35.1 Å². The number of pyridine rings is 1. The third-order valence-electron chi connectivity index (χ3n) is 4.84. The number of anilines is 1. The fraction of sp³-hybridized carbons (Fsp3) is 0.250. The van der Waals surface area contributed by atoms with Crippen LogP contribution in [-0.4, -0.2) is 52.2 Å². The summed E-state index contributed by atoms with van der Waals surface area (Å²) in [6.45, 7) is 4.94. The number of H-pyrrole nitrogens is 1. The zero-order chi connectivity index (χ0) is 18.8. The highest BCUT2D eigenvalue weighted by Gasteiger charge is 2.24. The Labute approximate surface area is 162 Å². The fourth-order valence-electron chi connectivity index (χ4n) is 3.34. The van der Waals surface area contributed by atoms with Gasteiger partial charge in [-0.25, -0.2) is 0 Å². The van der Waals surface area contributed by atoms with Crippen LogP contribution < -0.4 is 4.90 Å². The molecule has 1 amide bonds. The van der Waals surface area contributed by atoms with E-state index >= 15 is 0 Å². The van der Waals surface area contributed by atoms with Gasteiger partial charge in [-0.1, -0.05) is 17.7 Å². The molecule has 0 radical (unpaired) electrons. The molecule has 1 aliphatic heterocycles. The molecule has 0 atom stereocenters. The Hall–Kier alpha value is -2.86. The van der Waals surface area contributed by atoms with Crippen molar-refractivity contribution in [3.8, 4) is 11.3 Å². The minimum absolute atomic E-state index is 0.0277. The number of amides is 1. The van der Waals surface area contributed by atoms with E-state index in [1.54, 1.807) is 18.5 Å². The first-order chi connectivity index (χ1) is 13.1. The van der Waals surface area contributed by atoms with E-state index in [-0.39, 0.29) is 5.91 Å². The molecule has 1 aromatic carbocycles. The highest BCUT2D eigenvalue weighted by Crippen LogP contribution is 2.25. The van der Waals surface area contributed by atoms with Crippen molar-refractivity contribution in [2.45, 2.75) is 6.92 Å². The number of carbonyl (C=O) groups excluding carboxylic acids is 1. The number of benzene rings is 1. The minimum Gasteiger partial charge on any atom is -0.368 e. The molecule has 0 spiro atoms. The molecular formula is C20H20ClN5O. The lowest BCUT2D eigenvalue weighted by atomic mass is 10.1. The van der Waals surface area contributed by atoms with E-state index < -0.39 is 0 Å². The number of hydrogen-bond acceptors (Lipinski definition) is 4. The Balaban J connectivity index is 1.43. The van der Waals surface area contributed by atoms with E-state index in [1.807, 2.05) is 35.2 Å². The average Bonchev–Trinajstić information content (AvgIpc) is 3.20. The van der Waals surface area contributed by atoms with Crippen LogP contribution in [0.2, 0.25) is 5.02 Å². The second-order valence-electron chi connectivity index (χ2n) is 6.62. The highest BCUT2D eigenvalue weighted by molar-refractivity contribution is 6.30. The van der Waals surface area contributed by atoms with Crippen LogP contribution in [-0.2, 0) is 0 Å². The molecule has 0 bridgehead atoms. The Morgan fingerprint density at radius 1 is 1.15 bits per heavy atom. The van der Waals surface area contributed by atoms with Crippen molar-refractivity contribution in [3.05, 3.63) is 65.1 Å². The molecular weight excluding hydrogens is 362 g/mol. The van der Waals surface area contributed by atoms with Crippen LogP contribution >= 0.6 is 11.6 Å². The molecule has 1 saturated heterocycles. The first kappa shape index (κ1) is 17.5. The summed E-state index contributed by atoms with van der Waals surface area (Å²) in [5, 5.41) is 7.84. The van der Waals surface area contributed by atoms with Crippen molar-refractivity contribution >= 4 is 23.2 Å². The molecule has 1 aliphatic rings. The van der Waals surface area contributed by atoms with Gasteiger partial charge in [-0.05, 0) is 42.8 Å². The summed E-state index contributed by atoms with van der Waals surface area (Å²) in [5.74, 6) is -0.0277. The van der Waals surface area contributed by atoms with Crippen molar-refractivity contribution in [2.24, 2.45) is 0 Å². The standard InChI is InChI=1S/C20H20ClN5O/c1-14-4-5-16(21)11-19(14)25-7-9-26(10-8-25)20(27)18-12-17(23-24-18)15-3-2-6-22-13-15/h2-6,11-13H,7-10H2,1H3,(H,23,24). The quantitative estimate of drug-likeness (QED) is 0.755. The maximum absolute atomic E-state index is 12.8. The van der Waals surface area contributed by atoms with Crippen molar-refractivity contribution in [2.75, 3.05) is 31.1 Å². The van der Waals surface area contributed by atoms with Gasteiger partial charge in [0, 0.05) is 54.8 Å². The largest absolute Gasteiger partial charge is 0.368 e. The fourth-order valence-corrected chi connectivity index (χ4v) is 3.50. The van der Waals surface area contributed by atoms with Gasteiger partial charge in [-0.2, -0.15) is 5.10 Å². The molecule has 0 aliphatic carbocycles. The van der Waals surface area contributed by atoms with Crippen LogP contribution in [0.4, 0.5) is 5.69 Å². The molecule has 0 saturated carbocycles. The number of aromatic amines is 1. The second kappa shape index (κ2) is 7.40. The van der Waals surface area contributed by atoms with E-state index in [1.165, 1.54) is 5.56 Å². The number of hydrogen-bond donors (Lipinski definition) is 1. The molecule has 1 fully saturated rings. The number of aryl methyl sites for hydroxylation is 1. The Kier molecular flexibility index (Phi) is 4.81. The van der Waals surface area contributed by atoms with Crippen LogP contribution in [0, 0.1) is 6.92 Å². The summed E-state index contributed by atoms with van der Waals surface area (Å²) in [6, 6.07) is 11.5. The smallest absolute Gasteiger partial charge is 0.272 e. The van der Waals surface area contributed by atoms with Crippen LogP contribution in [0.15, 0.2) is 48.8 Å². The summed E-state index contributed by atoms with van der Waals surface area (Å²) in [6.07, 6.45) is 3.44. The van der Waals surface area contributed by atoms with Gasteiger partial charge in [0.15, 0.2) is 0 Å². The third-order valence-corrected chi connectivity index (χ3v) is 5.08. The zero-order valence-corrected chi connectivity index (χ0v) is 15.8. The van der Waals surface area contributed by atoms with E-state index in [2.05, 4.69) is 27.0 Å². The van der Waals surface area contributed by atoms with Crippen LogP contribution in [0.1, 0.15) is 16.1 Å². The van der Waals surface area contributed by atoms with Gasteiger partial charge in [-0.15, -0.1) is 0 Å². The molecule has 138 valence electrons. The molecule has 3 heterocycles. The Bertz CT molecular complexity index is 948. The van der Waals surface area contributed by atoms with E-state index in [9.17, 15) is 4.79 Å². The third kappa shape index (κ3) is 3.66. The van der Waals surface area contributed by atoms with Crippen LogP contribution in [0.5, 0.6) is 0 Å². The summed E-state index contributed by atoms with van der Waals surface area (Å²) in [5.41, 5.74) is 4.43. The summed E-state index contributed by atoms with van der Waals surface area (Å²) in [4.78, 5) is 21.0. The number of carbonyl (C=O) groups is 1. The summed E-state index contributed by atoms with van der Waals surface area (Å²) in [7, 11) is 0. The van der Waals surface area contributed by atoms with E-state index in [4.69, 9.17) is 11.6 Å². The molecule has 6 nitrogen and oxygen atoms in total. The van der Waals surface area contributed by atoms with Crippen LogP contribution in [0.25, 0.3) is 11.3 Å². The molecule has 2 aromatic heterocycles. The Morgan fingerprint density at radius 3 is 2.70 bits per heavy atom. The van der Waals surface area contributed by atoms with Gasteiger partial charge in [0.2, 0.25) is 0 Å². The van der Waals surface area contributed by atoms with Crippen molar-refractivity contribution in [1.29, 1.82) is 0 Å². The number of rotatable bonds is 3. The van der Waals surface area contributed by atoms with Crippen molar-refractivity contribution in [3.63, 3.8) is 0 Å². The van der Waals surface area contributed by atoms with Gasteiger partial charge in [-0.3, -0.25) is 14.9 Å². The van der Waals surface area contributed by atoms with Gasteiger partial charge < -0.3 is 9.80 Å². The van der Waals surface area contributed by atoms with E-state index in [0.29, 0.717) is 18.8 Å². The molecule has 1 N–H and O–H groups in total. The SMILES string of the molecule is Cc1ccc(Cl)cc1N1CCN(C(=O)c2cc(-c3cccnc3)n[nH]2)CC1. The zero-order valence-electron chi connectivity index (χ0n) is 15.0. The van der Waals surface area contributed by atoms with Gasteiger partial charge in [0.05, 0.1) is 5.69 Å². The Morgan fingerprint density at radius 2 is 1.96 bits per heavy atom. The lowest BCUT2D eigenvalue weighted by Crippen LogP contribution is -2.49. The number of nitrogens with zero attached hydrogens (tertiary/aromatic N) is 4. The monoisotopic (exact) mass is 381 g/mol. The van der Waals surface area contributed by atoms with Crippen LogP contribution in [0.3, 0.4) is 0 Å². The maximum atomic E-state index is 12.8. The highest BCUT2D eigenvalue weighted by atomic mass is 35.5. The number of halogens is 1. The molecule has 3 aromatic rings. The number of nitrogens with one attached hydrogen (secondary N) is 1. The number of aromatic nitrogens is 3. The topological polar surface area (TPSA) is 65.1 Å². The first-order valence-electron chi connectivity index (χ1n) is 8.88. The summed E-state index contributed by atoms with van der Waals surface area (Å²) < 4.78 is 0. The predicted octanol–water partition coefficient (Wildman–Crippen LogP) is 3.40. The molecule has 4 rings (SSSR count). The average molecular weight is 382 g/mol. The van der Waals surface area contributed by atoms with Crippen molar-refractivity contribution in [1.82, 2.24) is 20.1 Å². The predicted molar refractivity (Wildman–Crippen MR) is 106 cm³/mol. The normalized spacial score (nSPS) is 14.4. The minimum atomic E-state index is -0.0277. The van der Waals surface area contributed by atoms with Gasteiger partial charge in [0.25, 0.3) is 5.91 Å². The first-order valence-corrected chi connectivity index (χ1v) is 9.26. The van der Waals surface area contributed by atoms with Gasteiger partial charge >= 0.3 is 0 Å². The second-order valence-corrected chi connectivity index (χ2v) is 7.06. The molecule has 0 unspecified atom stereocenters. The van der Waals surface area contributed by atoms with Gasteiger partial charge in [0.1, 0.15) is 5.69 Å². The maximum Gasteiger partial charge on any atom is 0.272 e. The molecule has 7 heteroatoms. The van der Waals surface area contributed by atoms with Crippen molar-refractivity contribution < 1.29 is 4.79 Å². The molecule has 27 heavy (non-hydrogen) atoms. The lowest BCUT2D eigenvalue weighted by Gasteiger charge is -2.36. The number of piperazine rings is 1.